The molecule has 1 atom stereocenters. The SMILES string of the molecule is O=C(NCC1Cc2ccccc2CO1)c1cc2ccccc2oc1=O. The van der Waals surface area contributed by atoms with Gasteiger partial charge in [-0.15, -0.1) is 0 Å². The molecule has 4 rings (SSSR count). The van der Waals surface area contributed by atoms with E-state index in [4.69, 9.17) is 9.15 Å². The molecule has 0 bridgehead atoms. The van der Waals surface area contributed by atoms with Gasteiger partial charge in [0.1, 0.15) is 11.1 Å². The molecule has 0 aliphatic carbocycles. The Kier molecular flexibility index (Phi) is 4.07. The van der Waals surface area contributed by atoms with Crippen LogP contribution in [0.1, 0.15) is 21.5 Å². The van der Waals surface area contributed by atoms with Gasteiger partial charge < -0.3 is 14.5 Å². The van der Waals surface area contributed by atoms with Gasteiger partial charge in [-0.25, -0.2) is 4.79 Å². The molecule has 1 unspecified atom stereocenters. The number of rotatable bonds is 3. The number of fused-ring (bicyclic) bond motifs is 2. The Morgan fingerprint density at radius 3 is 2.72 bits per heavy atom. The fraction of sp³-hybridized carbons (Fsp3) is 0.200. The van der Waals surface area contributed by atoms with Crippen molar-refractivity contribution in [3.8, 4) is 0 Å². The van der Waals surface area contributed by atoms with Gasteiger partial charge in [-0.05, 0) is 23.3 Å². The van der Waals surface area contributed by atoms with Crippen LogP contribution in [0, 0.1) is 0 Å². The van der Waals surface area contributed by atoms with E-state index in [1.54, 1.807) is 24.3 Å². The normalized spacial score (nSPS) is 16.4. The largest absolute Gasteiger partial charge is 0.422 e. The summed E-state index contributed by atoms with van der Waals surface area (Å²) in [6.45, 7) is 0.883. The lowest BCUT2D eigenvalue weighted by atomic mass is 9.99. The van der Waals surface area contributed by atoms with E-state index >= 15 is 0 Å². The van der Waals surface area contributed by atoms with Crippen molar-refractivity contribution in [2.75, 3.05) is 6.54 Å². The van der Waals surface area contributed by atoms with Crippen LogP contribution in [-0.2, 0) is 17.8 Å². The molecule has 126 valence electrons. The third-order valence-corrected chi connectivity index (χ3v) is 4.42. The summed E-state index contributed by atoms with van der Waals surface area (Å²) in [5.41, 5.74) is 2.26. The number of benzene rings is 2. The van der Waals surface area contributed by atoms with Gasteiger partial charge in [0.15, 0.2) is 0 Å². The Bertz CT molecular complexity index is 992. The molecule has 1 aliphatic rings. The molecular formula is C20H17NO4. The van der Waals surface area contributed by atoms with Gasteiger partial charge in [0, 0.05) is 18.4 Å². The lowest BCUT2D eigenvalue weighted by molar-refractivity contribution is 0.0284. The number of carbonyl (C=O) groups is 1. The summed E-state index contributed by atoms with van der Waals surface area (Å²) < 4.78 is 11.0. The van der Waals surface area contributed by atoms with Crippen molar-refractivity contribution in [2.45, 2.75) is 19.1 Å². The highest BCUT2D eigenvalue weighted by Crippen LogP contribution is 2.20. The van der Waals surface area contributed by atoms with Gasteiger partial charge in [-0.2, -0.15) is 0 Å². The number of hydrogen-bond donors (Lipinski definition) is 1. The summed E-state index contributed by atoms with van der Waals surface area (Å²) in [6.07, 6.45) is 0.634. The third-order valence-electron chi connectivity index (χ3n) is 4.42. The van der Waals surface area contributed by atoms with E-state index in [2.05, 4.69) is 11.4 Å². The molecule has 1 aliphatic heterocycles. The molecule has 5 heteroatoms. The van der Waals surface area contributed by atoms with E-state index in [-0.39, 0.29) is 11.7 Å². The second-order valence-electron chi connectivity index (χ2n) is 6.10. The highest BCUT2D eigenvalue weighted by Gasteiger charge is 2.20. The smallest absolute Gasteiger partial charge is 0.349 e. The zero-order valence-electron chi connectivity index (χ0n) is 13.5. The Balaban J connectivity index is 1.46. The molecule has 1 N–H and O–H groups in total. The lowest BCUT2D eigenvalue weighted by Crippen LogP contribution is -2.38. The first-order valence-corrected chi connectivity index (χ1v) is 8.20. The number of amides is 1. The summed E-state index contributed by atoms with van der Waals surface area (Å²) in [4.78, 5) is 24.4. The van der Waals surface area contributed by atoms with Crippen molar-refractivity contribution < 1.29 is 13.9 Å². The Morgan fingerprint density at radius 2 is 1.84 bits per heavy atom. The molecule has 1 aromatic heterocycles. The summed E-state index contributed by atoms with van der Waals surface area (Å²) in [6, 6.07) is 16.8. The fourth-order valence-corrected chi connectivity index (χ4v) is 3.06. The minimum Gasteiger partial charge on any atom is -0.422 e. The molecule has 0 fully saturated rings. The van der Waals surface area contributed by atoms with E-state index in [0.717, 1.165) is 11.8 Å². The van der Waals surface area contributed by atoms with Crippen LogP contribution < -0.4 is 10.9 Å². The number of ether oxygens (including phenoxy) is 1. The molecule has 1 amide bonds. The van der Waals surface area contributed by atoms with Crippen LogP contribution in [-0.4, -0.2) is 18.6 Å². The zero-order chi connectivity index (χ0) is 17.2. The average molecular weight is 335 g/mol. The fourth-order valence-electron chi connectivity index (χ4n) is 3.06. The molecule has 0 saturated carbocycles. The molecule has 0 saturated heterocycles. The van der Waals surface area contributed by atoms with Crippen molar-refractivity contribution in [2.24, 2.45) is 0 Å². The summed E-state index contributed by atoms with van der Waals surface area (Å²) in [5, 5.41) is 3.50. The van der Waals surface area contributed by atoms with Gasteiger partial charge in [0.2, 0.25) is 0 Å². The van der Waals surface area contributed by atoms with Crippen LogP contribution in [0.2, 0.25) is 0 Å². The second-order valence-corrected chi connectivity index (χ2v) is 6.10. The minimum atomic E-state index is -0.633. The maximum absolute atomic E-state index is 12.4. The van der Waals surface area contributed by atoms with Crippen LogP contribution >= 0.6 is 0 Å². The second kappa shape index (κ2) is 6.53. The Labute approximate surface area is 144 Å². The average Bonchev–Trinajstić information content (AvgIpc) is 2.65. The quantitative estimate of drug-likeness (QED) is 0.747. The maximum atomic E-state index is 12.4. The molecule has 3 aromatic rings. The minimum absolute atomic E-state index is 0.00918. The predicted octanol–water partition coefficient (Wildman–Crippen LogP) is 2.66. The Hall–Kier alpha value is -2.92. The molecular weight excluding hydrogens is 318 g/mol. The molecule has 0 radical (unpaired) electrons. The van der Waals surface area contributed by atoms with Crippen molar-refractivity contribution in [3.63, 3.8) is 0 Å². The van der Waals surface area contributed by atoms with Crippen LogP contribution in [0.25, 0.3) is 11.0 Å². The highest BCUT2D eigenvalue weighted by molar-refractivity contribution is 5.96. The highest BCUT2D eigenvalue weighted by atomic mass is 16.5. The maximum Gasteiger partial charge on any atom is 0.349 e. The molecule has 5 nitrogen and oxygen atoms in total. The van der Waals surface area contributed by atoms with Crippen LogP contribution in [0.5, 0.6) is 0 Å². The number of para-hydroxylation sites is 1. The van der Waals surface area contributed by atoms with Crippen molar-refractivity contribution in [3.05, 3.63) is 81.7 Å². The summed E-state index contributed by atoms with van der Waals surface area (Å²) in [7, 11) is 0. The monoisotopic (exact) mass is 335 g/mol. The van der Waals surface area contributed by atoms with Gasteiger partial charge >= 0.3 is 5.63 Å². The predicted molar refractivity (Wildman–Crippen MR) is 93.5 cm³/mol. The van der Waals surface area contributed by atoms with Gasteiger partial charge in [-0.1, -0.05) is 42.5 Å². The number of nitrogens with one attached hydrogen (secondary N) is 1. The molecule has 25 heavy (non-hydrogen) atoms. The van der Waals surface area contributed by atoms with E-state index in [1.165, 1.54) is 11.1 Å². The van der Waals surface area contributed by atoms with E-state index in [1.807, 2.05) is 24.3 Å². The summed E-state index contributed by atoms with van der Waals surface area (Å²) >= 11 is 0. The standard InChI is InChI=1S/C20H17NO4/c22-19(17-10-14-6-3-4-8-18(14)25-20(17)23)21-11-16-9-13-5-1-2-7-15(13)12-24-16/h1-8,10,16H,9,11-12H2,(H,21,22). The van der Waals surface area contributed by atoms with Crippen molar-refractivity contribution in [1.29, 1.82) is 0 Å². The first-order chi connectivity index (χ1) is 12.2. The molecule has 0 spiro atoms. The summed E-state index contributed by atoms with van der Waals surface area (Å²) in [5.74, 6) is -0.443. The van der Waals surface area contributed by atoms with E-state index in [0.29, 0.717) is 18.7 Å². The van der Waals surface area contributed by atoms with Crippen LogP contribution in [0.15, 0.2) is 63.8 Å². The van der Waals surface area contributed by atoms with E-state index in [9.17, 15) is 9.59 Å². The van der Waals surface area contributed by atoms with Crippen molar-refractivity contribution >= 4 is 16.9 Å². The van der Waals surface area contributed by atoms with Crippen molar-refractivity contribution in [1.82, 2.24) is 5.32 Å². The van der Waals surface area contributed by atoms with Crippen LogP contribution in [0.4, 0.5) is 0 Å². The van der Waals surface area contributed by atoms with E-state index < -0.39 is 11.5 Å². The molecule has 2 heterocycles. The lowest BCUT2D eigenvalue weighted by Gasteiger charge is -2.25. The van der Waals surface area contributed by atoms with Crippen LogP contribution in [0.3, 0.4) is 0 Å². The Morgan fingerprint density at radius 1 is 1.08 bits per heavy atom. The third kappa shape index (κ3) is 3.19. The topological polar surface area (TPSA) is 68.5 Å². The van der Waals surface area contributed by atoms with Gasteiger partial charge in [0.25, 0.3) is 5.91 Å². The first-order valence-electron chi connectivity index (χ1n) is 8.20. The number of carbonyl (C=O) groups excluding carboxylic acids is 1. The molecule has 2 aromatic carbocycles. The number of hydrogen-bond acceptors (Lipinski definition) is 4. The van der Waals surface area contributed by atoms with Gasteiger partial charge in [0.05, 0.1) is 12.7 Å². The van der Waals surface area contributed by atoms with Gasteiger partial charge in [-0.3, -0.25) is 4.79 Å². The first kappa shape index (κ1) is 15.6. The zero-order valence-corrected chi connectivity index (χ0v) is 13.5.